The van der Waals surface area contributed by atoms with Gasteiger partial charge >= 0.3 is 5.97 Å². The minimum atomic E-state index is -0.550. The lowest BCUT2D eigenvalue weighted by Gasteiger charge is -2.33. The van der Waals surface area contributed by atoms with Crippen LogP contribution in [0.5, 0.6) is 0 Å². The van der Waals surface area contributed by atoms with Crippen LogP contribution in [-0.4, -0.2) is 62.0 Å². The third kappa shape index (κ3) is 6.65. The van der Waals surface area contributed by atoms with Crippen LogP contribution in [-0.2, 0) is 20.8 Å². The summed E-state index contributed by atoms with van der Waals surface area (Å²) in [5.74, 6) is -0.404. The number of nitrogens with one attached hydrogen (secondary N) is 1. The first-order chi connectivity index (χ1) is 14.4. The molecule has 1 amide bonds. The van der Waals surface area contributed by atoms with Crippen molar-refractivity contribution in [3.8, 4) is 0 Å². The van der Waals surface area contributed by atoms with Gasteiger partial charge in [0.05, 0.1) is 35.6 Å². The molecule has 1 aromatic carbocycles. The summed E-state index contributed by atoms with van der Waals surface area (Å²) in [5.41, 5.74) is 1.08. The highest BCUT2D eigenvalue weighted by molar-refractivity contribution is 7.99. The summed E-state index contributed by atoms with van der Waals surface area (Å²) in [6.45, 7) is 3.26. The SMILES string of the molecule is COC(=O)c1ccc(SCC(=O)NC[C@H]2CN(Cc3ccc(Cl)c(Cl)c3)CCO2)o1. The summed E-state index contributed by atoms with van der Waals surface area (Å²) in [4.78, 5) is 25.8. The van der Waals surface area contributed by atoms with Gasteiger partial charge in [-0.2, -0.15) is 0 Å². The van der Waals surface area contributed by atoms with Crippen LogP contribution in [0.15, 0.2) is 39.8 Å². The van der Waals surface area contributed by atoms with Crippen molar-refractivity contribution in [2.45, 2.75) is 17.7 Å². The van der Waals surface area contributed by atoms with E-state index in [0.717, 1.165) is 18.7 Å². The maximum Gasteiger partial charge on any atom is 0.373 e. The molecule has 0 bridgehead atoms. The molecule has 2 heterocycles. The molecule has 1 N–H and O–H groups in total. The Balaban J connectivity index is 1.40. The van der Waals surface area contributed by atoms with Crippen molar-refractivity contribution in [2.24, 2.45) is 0 Å². The first-order valence-corrected chi connectivity index (χ1v) is 11.0. The molecule has 3 rings (SSSR count). The number of hydrogen-bond donors (Lipinski definition) is 1. The average Bonchev–Trinajstić information content (AvgIpc) is 3.22. The van der Waals surface area contributed by atoms with E-state index in [2.05, 4.69) is 15.0 Å². The van der Waals surface area contributed by atoms with E-state index in [9.17, 15) is 9.59 Å². The molecule has 1 aromatic heterocycles. The summed E-state index contributed by atoms with van der Waals surface area (Å²) in [6.07, 6.45) is -0.0926. The van der Waals surface area contributed by atoms with Crippen molar-refractivity contribution in [1.82, 2.24) is 10.2 Å². The zero-order valence-corrected chi connectivity index (χ0v) is 18.7. The highest BCUT2D eigenvalue weighted by Gasteiger charge is 2.21. The van der Waals surface area contributed by atoms with Crippen molar-refractivity contribution in [3.05, 3.63) is 51.7 Å². The topological polar surface area (TPSA) is 81.0 Å². The van der Waals surface area contributed by atoms with Crippen molar-refractivity contribution in [3.63, 3.8) is 0 Å². The molecular formula is C20H22Cl2N2O5S. The Bertz CT molecular complexity index is 892. The molecule has 1 aliphatic rings. The van der Waals surface area contributed by atoms with E-state index in [4.69, 9.17) is 32.4 Å². The predicted octanol–water partition coefficient (Wildman–Crippen LogP) is 3.48. The van der Waals surface area contributed by atoms with Crippen LogP contribution in [0.1, 0.15) is 16.1 Å². The number of esters is 1. The fourth-order valence-corrected chi connectivity index (χ4v) is 3.98. The largest absolute Gasteiger partial charge is 0.463 e. The molecule has 0 aliphatic carbocycles. The number of halogens is 2. The Morgan fingerprint density at radius 2 is 2.10 bits per heavy atom. The molecule has 0 spiro atoms. The Hall–Kier alpha value is -1.71. The van der Waals surface area contributed by atoms with Crippen LogP contribution in [0.2, 0.25) is 10.0 Å². The van der Waals surface area contributed by atoms with E-state index in [-0.39, 0.29) is 23.5 Å². The predicted molar refractivity (Wildman–Crippen MR) is 115 cm³/mol. The van der Waals surface area contributed by atoms with Crippen molar-refractivity contribution >= 4 is 46.8 Å². The van der Waals surface area contributed by atoms with Gasteiger partial charge in [-0.05, 0) is 29.8 Å². The molecule has 1 aliphatic heterocycles. The summed E-state index contributed by atoms with van der Waals surface area (Å²) >= 11 is 13.3. The van der Waals surface area contributed by atoms with Crippen LogP contribution in [0, 0.1) is 0 Å². The molecule has 1 fully saturated rings. The third-order valence-electron chi connectivity index (χ3n) is 4.45. The van der Waals surface area contributed by atoms with E-state index >= 15 is 0 Å². The van der Waals surface area contributed by atoms with Gasteiger partial charge in [-0.3, -0.25) is 9.69 Å². The Kier molecular flexibility index (Phi) is 8.47. The van der Waals surface area contributed by atoms with Gasteiger partial charge in [-0.1, -0.05) is 41.0 Å². The number of benzene rings is 1. The first-order valence-electron chi connectivity index (χ1n) is 9.30. The Morgan fingerprint density at radius 1 is 1.27 bits per heavy atom. The molecule has 0 unspecified atom stereocenters. The van der Waals surface area contributed by atoms with Gasteiger partial charge in [0, 0.05) is 26.2 Å². The molecule has 1 saturated heterocycles. The highest BCUT2D eigenvalue weighted by Crippen LogP contribution is 2.24. The van der Waals surface area contributed by atoms with Gasteiger partial charge in [0.25, 0.3) is 0 Å². The summed E-state index contributed by atoms with van der Waals surface area (Å²) in [6, 6.07) is 8.77. The lowest BCUT2D eigenvalue weighted by molar-refractivity contribution is -0.119. The Labute approximate surface area is 189 Å². The number of nitrogens with zero attached hydrogens (tertiary/aromatic N) is 1. The quantitative estimate of drug-likeness (QED) is 0.465. The second kappa shape index (κ2) is 11.1. The number of rotatable bonds is 8. The normalized spacial score (nSPS) is 17.0. The number of carbonyl (C=O) groups excluding carboxylic acids is 2. The summed E-state index contributed by atoms with van der Waals surface area (Å²) in [7, 11) is 1.28. The van der Waals surface area contributed by atoms with Crippen LogP contribution in [0.3, 0.4) is 0 Å². The molecule has 7 nitrogen and oxygen atoms in total. The van der Waals surface area contributed by atoms with Crippen LogP contribution in [0.4, 0.5) is 0 Å². The first kappa shape index (κ1) is 23.0. The number of carbonyl (C=O) groups is 2. The lowest BCUT2D eigenvalue weighted by Crippen LogP contribution is -2.47. The number of ether oxygens (including phenoxy) is 2. The van der Waals surface area contributed by atoms with Gasteiger partial charge in [-0.25, -0.2) is 4.79 Å². The highest BCUT2D eigenvalue weighted by atomic mass is 35.5. The monoisotopic (exact) mass is 472 g/mol. The van der Waals surface area contributed by atoms with Crippen molar-refractivity contribution < 1.29 is 23.5 Å². The standard InChI is InChI=1S/C20H22Cl2N2O5S/c1-27-20(26)17-4-5-19(29-17)30-12-18(25)23-9-14-11-24(6-7-28-14)10-13-2-3-15(21)16(22)8-13/h2-5,8,14H,6-7,9-12H2,1H3,(H,23,25)/t14-/m0/s1. The van der Waals surface area contributed by atoms with Gasteiger partial charge in [0.1, 0.15) is 0 Å². The van der Waals surface area contributed by atoms with Gasteiger partial charge < -0.3 is 19.2 Å². The number of methoxy groups -OCH3 is 1. The summed E-state index contributed by atoms with van der Waals surface area (Å²) in [5, 5.41) is 4.44. The number of amides is 1. The van der Waals surface area contributed by atoms with Crippen molar-refractivity contribution in [1.29, 1.82) is 0 Å². The van der Waals surface area contributed by atoms with Crippen LogP contribution < -0.4 is 5.32 Å². The molecule has 0 radical (unpaired) electrons. The maximum atomic E-state index is 12.1. The fraction of sp³-hybridized carbons (Fsp3) is 0.400. The average molecular weight is 473 g/mol. The molecule has 1 atom stereocenters. The lowest BCUT2D eigenvalue weighted by atomic mass is 10.2. The zero-order chi connectivity index (χ0) is 21.5. The van der Waals surface area contributed by atoms with Gasteiger partial charge in [-0.15, -0.1) is 0 Å². The van der Waals surface area contributed by atoms with E-state index in [0.29, 0.717) is 34.8 Å². The van der Waals surface area contributed by atoms with Gasteiger partial charge in [0.15, 0.2) is 5.09 Å². The third-order valence-corrected chi connectivity index (χ3v) is 6.10. The van der Waals surface area contributed by atoms with E-state index < -0.39 is 5.97 Å². The maximum absolute atomic E-state index is 12.1. The number of thioether (sulfide) groups is 1. The zero-order valence-electron chi connectivity index (χ0n) is 16.4. The molecule has 162 valence electrons. The van der Waals surface area contributed by atoms with Crippen LogP contribution in [0.25, 0.3) is 0 Å². The minimum Gasteiger partial charge on any atom is -0.463 e. The van der Waals surface area contributed by atoms with Crippen molar-refractivity contribution in [2.75, 3.05) is 39.1 Å². The fourth-order valence-electron chi connectivity index (χ4n) is 2.97. The second-order valence-corrected chi connectivity index (χ2v) is 8.47. The molecule has 30 heavy (non-hydrogen) atoms. The number of morpholine rings is 1. The molecule has 2 aromatic rings. The van der Waals surface area contributed by atoms with E-state index in [1.807, 2.05) is 12.1 Å². The summed E-state index contributed by atoms with van der Waals surface area (Å²) < 4.78 is 15.7. The molecular weight excluding hydrogens is 451 g/mol. The molecule has 10 heteroatoms. The van der Waals surface area contributed by atoms with Crippen LogP contribution >= 0.6 is 35.0 Å². The van der Waals surface area contributed by atoms with E-state index in [1.54, 1.807) is 12.1 Å². The number of furan rings is 1. The Morgan fingerprint density at radius 3 is 2.87 bits per heavy atom. The van der Waals surface area contributed by atoms with Gasteiger partial charge in [0.2, 0.25) is 11.7 Å². The number of hydrogen-bond acceptors (Lipinski definition) is 7. The minimum absolute atomic E-state index is 0.0926. The molecule has 0 saturated carbocycles. The smallest absolute Gasteiger partial charge is 0.373 e. The second-order valence-electron chi connectivity index (χ2n) is 6.68. The van der Waals surface area contributed by atoms with E-state index in [1.165, 1.54) is 24.9 Å².